The number of hydrogen-bond donors (Lipinski definition) is 2. The fourth-order valence-corrected chi connectivity index (χ4v) is 2.79. The van der Waals surface area contributed by atoms with E-state index in [4.69, 9.17) is 0 Å². The molecule has 3 rings (SSSR count). The zero-order chi connectivity index (χ0) is 13.2. The smallest absolute Gasteiger partial charge is 0.251 e. The van der Waals surface area contributed by atoms with Crippen LogP contribution in [0, 0.1) is 0 Å². The largest absolute Gasteiger partial charge is 0.322 e. The third-order valence-electron chi connectivity index (χ3n) is 4.19. The Morgan fingerprint density at radius 2 is 2.00 bits per heavy atom. The Balaban J connectivity index is 1.82. The SMILES string of the molecule is CC(C(=O)Nc1cccc2c1CCCC2)=C1CNC1. The third-order valence-corrected chi connectivity index (χ3v) is 4.19. The lowest BCUT2D eigenvalue weighted by Gasteiger charge is -2.23. The number of nitrogens with one attached hydrogen (secondary N) is 2. The second kappa shape index (κ2) is 5.17. The zero-order valence-corrected chi connectivity index (χ0v) is 11.4. The molecule has 19 heavy (non-hydrogen) atoms. The lowest BCUT2D eigenvalue weighted by Crippen LogP contribution is -2.36. The van der Waals surface area contributed by atoms with Gasteiger partial charge < -0.3 is 10.6 Å². The summed E-state index contributed by atoms with van der Waals surface area (Å²) in [5.41, 5.74) is 5.84. The number of anilines is 1. The van der Waals surface area contributed by atoms with Crippen LogP contribution >= 0.6 is 0 Å². The summed E-state index contributed by atoms with van der Waals surface area (Å²) in [6.45, 7) is 3.62. The second-order valence-corrected chi connectivity index (χ2v) is 5.44. The number of fused-ring (bicyclic) bond motifs is 1. The van der Waals surface area contributed by atoms with Crippen molar-refractivity contribution in [2.75, 3.05) is 18.4 Å². The highest BCUT2D eigenvalue weighted by molar-refractivity contribution is 6.04. The molecule has 100 valence electrons. The molecule has 3 heteroatoms. The van der Waals surface area contributed by atoms with Crippen LogP contribution < -0.4 is 10.6 Å². The maximum Gasteiger partial charge on any atom is 0.251 e. The van der Waals surface area contributed by atoms with Gasteiger partial charge in [-0.2, -0.15) is 0 Å². The van der Waals surface area contributed by atoms with Gasteiger partial charge in [-0.3, -0.25) is 4.79 Å². The van der Waals surface area contributed by atoms with Gasteiger partial charge in [0.15, 0.2) is 0 Å². The summed E-state index contributed by atoms with van der Waals surface area (Å²) >= 11 is 0. The van der Waals surface area contributed by atoms with Crippen LogP contribution in [-0.2, 0) is 17.6 Å². The van der Waals surface area contributed by atoms with E-state index in [-0.39, 0.29) is 5.91 Å². The third kappa shape index (κ3) is 2.43. The molecule has 1 saturated heterocycles. The van der Waals surface area contributed by atoms with Crippen molar-refractivity contribution in [1.29, 1.82) is 0 Å². The van der Waals surface area contributed by atoms with Gasteiger partial charge in [-0.25, -0.2) is 0 Å². The topological polar surface area (TPSA) is 41.1 Å². The predicted octanol–water partition coefficient (Wildman–Crippen LogP) is 2.42. The highest BCUT2D eigenvalue weighted by atomic mass is 16.1. The summed E-state index contributed by atoms with van der Waals surface area (Å²) in [7, 11) is 0. The molecule has 0 aromatic heterocycles. The van der Waals surface area contributed by atoms with Crippen LogP contribution in [0.15, 0.2) is 29.3 Å². The summed E-state index contributed by atoms with van der Waals surface area (Å²) < 4.78 is 0. The highest BCUT2D eigenvalue weighted by Crippen LogP contribution is 2.28. The molecule has 0 saturated carbocycles. The first-order chi connectivity index (χ1) is 9.25. The van der Waals surface area contributed by atoms with E-state index >= 15 is 0 Å². The molecule has 1 aromatic carbocycles. The second-order valence-electron chi connectivity index (χ2n) is 5.44. The molecule has 0 atom stereocenters. The van der Waals surface area contributed by atoms with E-state index in [1.807, 2.05) is 19.1 Å². The van der Waals surface area contributed by atoms with Crippen LogP contribution in [0.25, 0.3) is 0 Å². The van der Waals surface area contributed by atoms with Crippen molar-refractivity contribution in [3.63, 3.8) is 0 Å². The van der Waals surface area contributed by atoms with Crippen LogP contribution in [0.2, 0.25) is 0 Å². The van der Waals surface area contributed by atoms with E-state index in [1.54, 1.807) is 0 Å². The van der Waals surface area contributed by atoms with Crippen LogP contribution in [0.1, 0.15) is 30.9 Å². The van der Waals surface area contributed by atoms with E-state index in [0.717, 1.165) is 37.2 Å². The summed E-state index contributed by atoms with van der Waals surface area (Å²) in [5, 5.41) is 6.27. The summed E-state index contributed by atoms with van der Waals surface area (Å²) in [6.07, 6.45) is 4.72. The Bertz CT molecular complexity index is 540. The standard InChI is InChI=1S/C16H20N2O/c1-11(13-9-17-10-13)16(19)18-15-8-4-6-12-5-2-3-7-14(12)15/h4,6,8,17H,2-3,5,7,9-10H2,1H3,(H,18,19). The first-order valence-corrected chi connectivity index (χ1v) is 7.07. The minimum atomic E-state index is 0.0514. The molecular weight excluding hydrogens is 236 g/mol. The summed E-state index contributed by atoms with van der Waals surface area (Å²) in [6, 6.07) is 6.26. The van der Waals surface area contributed by atoms with Gasteiger partial charge in [0.1, 0.15) is 0 Å². The van der Waals surface area contributed by atoms with Crippen molar-refractivity contribution in [1.82, 2.24) is 5.32 Å². The van der Waals surface area contributed by atoms with E-state index < -0.39 is 0 Å². The average Bonchev–Trinajstić information content (AvgIpc) is 2.37. The first-order valence-electron chi connectivity index (χ1n) is 7.07. The number of aryl methyl sites for hydroxylation is 1. The number of benzene rings is 1. The van der Waals surface area contributed by atoms with E-state index in [9.17, 15) is 4.79 Å². The van der Waals surface area contributed by atoms with Crippen LogP contribution in [0.4, 0.5) is 5.69 Å². The van der Waals surface area contributed by atoms with Crippen LogP contribution in [-0.4, -0.2) is 19.0 Å². The molecule has 1 fully saturated rings. The summed E-state index contributed by atoms with van der Waals surface area (Å²) in [4.78, 5) is 12.2. The highest BCUT2D eigenvalue weighted by Gasteiger charge is 2.18. The fraction of sp³-hybridized carbons (Fsp3) is 0.438. The zero-order valence-electron chi connectivity index (χ0n) is 11.4. The predicted molar refractivity (Wildman–Crippen MR) is 77.3 cm³/mol. The van der Waals surface area contributed by atoms with Gasteiger partial charge in [-0.1, -0.05) is 12.1 Å². The van der Waals surface area contributed by atoms with E-state index in [2.05, 4.69) is 16.7 Å². The summed E-state index contributed by atoms with van der Waals surface area (Å²) in [5.74, 6) is 0.0514. The van der Waals surface area contributed by atoms with Crippen LogP contribution in [0.3, 0.4) is 0 Å². The van der Waals surface area contributed by atoms with E-state index in [0.29, 0.717) is 0 Å². The molecule has 2 aliphatic rings. The molecule has 1 aliphatic carbocycles. The van der Waals surface area contributed by atoms with Crippen molar-refractivity contribution in [3.05, 3.63) is 40.5 Å². The van der Waals surface area contributed by atoms with Crippen molar-refractivity contribution in [2.24, 2.45) is 0 Å². The van der Waals surface area contributed by atoms with Gasteiger partial charge in [0, 0.05) is 24.4 Å². The monoisotopic (exact) mass is 256 g/mol. The molecule has 1 amide bonds. The van der Waals surface area contributed by atoms with Crippen molar-refractivity contribution < 1.29 is 4.79 Å². The van der Waals surface area contributed by atoms with Gasteiger partial charge in [-0.15, -0.1) is 0 Å². The number of carbonyl (C=O) groups is 1. The molecule has 0 radical (unpaired) electrons. The lowest BCUT2D eigenvalue weighted by molar-refractivity contribution is -0.112. The molecule has 3 nitrogen and oxygen atoms in total. The minimum Gasteiger partial charge on any atom is -0.322 e. The van der Waals surface area contributed by atoms with Gasteiger partial charge >= 0.3 is 0 Å². The van der Waals surface area contributed by atoms with Crippen molar-refractivity contribution >= 4 is 11.6 Å². The molecular formula is C16H20N2O. The van der Waals surface area contributed by atoms with Gasteiger partial charge in [0.25, 0.3) is 5.91 Å². The quantitative estimate of drug-likeness (QED) is 0.798. The fourth-order valence-electron chi connectivity index (χ4n) is 2.79. The Hall–Kier alpha value is -1.61. The minimum absolute atomic E-state index is 0.0514. The molecule has 0 unspecified atom stereocenters. The molecule has 0 spiro atoms. The number of amides is 1. The van der Waals surface area contributed by atoms with E-state index in [1.165, 1.54) is 29.5 Å². The molecule has 1 aromatic rings. The first kappa shape index (κ1) is 12.4. The molecule has 0 bridgehead atoms. The Morgan fingerprint density at radius 3 is 2.74 bits per heavy atom. The Labute approximate surface area is 114 Å². The van der Waals surface area contributed by atoms with Crippen LogP contribution in [0.5, 0.6) is 0 Å². The number of carbonyl (C=O) groups excluding carboxylic acids is 1. The number of rotatable bonds is 2. The van der Waals surface area contributed by atoms with Crippen molar-refractivity contribution in [3.8, 4) is 0 Å². The molecule has 2 N–H and O–H groups in total. The van der Waals surface area contributed by atoms with Gasteiger partial charge in [0.05, 0.1) is 0 Å². The lowest BCUT2D eigenvalue weighted by atomic mass is 9.90. The molecule has 1 aliphatic heterocycles. The maximum absolute atomic E-state index is 12.2. The van der Waals surface area contributed by atoms with Gasteiger partial charge in [-0.05, 0) is 55.4 Å². The maximum atomic E-state index is 12.2. The van der Waals surface area contributed by atoms with Crippen molar-refractivity contribution in [2.45, 2.75) is 32.6 Å². The normalized spacial score (nSPS) is 17.4. The number of hydrogen-bond acceptors (Lipinski definition) is 2. The Morgan fingerprint density at radius 1 is 1.21 bits per heavy atom. The van der Waals surface area contributed by atoms with Gasteiger partial charge in [0.2, 0.25) is 0 Å². The molecule has 1 heterocycles. The Kier molecular flexibility index (Phi) is 3.38. The average molecular weight is 256 g/mol.